The predicted octanol–water partition coefficient (Wildman–Crippen LogP) is -1.97. The molecule has 0 aromatic heterocycles. The smallest absolute Gasteiger partial charge is 0.290 e. The molecule has 0 aliphatic heterocycles. The molecule has 0 heterocycles. The van der Waals surface area contributed by atoms with Crippen molar-refractivity contribution in [2.45, 2.75) is 6.10 Å². The van der Waals surface area contributed by atoms with Gasteiger partial charge in [-0.3, -0.25) is 4.79 Å². The van der Waals surface area contributed by atoms with E-state index in [0.717, 1.165) is 0 Å². The van der Waals surface area contributed by atoms with Crippen LogP contribution in [0.25, 0.3) is 0 Å². The Hall–Kier alpha value is -0.650. The highest BCUT2D eigenvalue weighted by atomic mass is 16.3. The summed E-state index contributed by atoms with van der Waals surface area (Å²) >= 11 is 0. The molecule has 9 heavy (non-hydrogen) atoms. The normalized spacial score (nSPS) is 8.00. The fourth-order valence-corrected chi connectivity index (χ4v) is 0.0577. The minimum atomic E-state index is -0.954. The van der Waals surface area contributed by atoms with E-state index in [9.17, 15) is 0 Å². The summed E-state index contributed by atoms with van der Waals surface area (Å²) in [5.41, 5.74) is 0. The first-order valence-electron chi connectivity index (χ1n) is 2.20. The lowest BCUT2D eigenvalue weighted by Gasteiger charge is -1.96. The maximum atomic E-state index is 8.36. The molecule has 0 saturated heterocycles. The maximum Gasteiger partial charge on any atom is 0.290 e. The lowest BCUT2D eigenvalue weighted by Crippen LogP contribution is -2.15. The van der Waals surface area contributed by atoms with Crippen LogP contribution < -0.4 is 0 Å². The van der Waals surface area contributed by atoms with Crippen molar-refractivity contribution in [2.24, 2.45) is 0 Å². The van der Waals surface area contributed by atoms with Gasteiger partial charge in [-0.1, -0.05) is 0 Å². The Labute approximate surface area is 52.2 Å². The zero-order valence-corrected chi connectivity index (χ0v) is 4.77. The van der Waals surface area contributed by atoms with Crippen LogP contribution in [-0.4, -0.2) is 46.2 Å². The summed E-state index contributed by atoms with van der Waals surface area (Å²) in [6, 6.07) is 0. The molecule has 0 saturated carbocycles. The van der Waals surface area contributed by atoms with Crippen LogP contribution in [-0.2, 0) is 4.79 Å². The lowest BCUT2D eigenvalue weighted by atomic mass is 10.4. The van der Waals surface area contributed by atoms with Gasteiger partial charge in [0.15, 0.2) is 0 Å². The summed E-state index contributed by atoms with van der Waals surface area (Å²) in [5.74, 6) is 0. The second-order valence-electron chi connectivity index (χ2n) is 1.12. The van der Waals surface area contributed by atoms with Gasteiger partial charge in [0, 0.05) is 0 Å². The first kappa shape index (κ1) is 11.2. The highest BCUT2D eigenvalue weighted by Crippen LogP contribution is 1.71. The molecule has 0 aromatic carbocycles. The molecule has 0 amide bonds. The van der Waals surface area contributed by atoms with Crippen molar-refractivity contribution in [2.75, 3.05) is 13.2 Å². The Kier molecular flexibility index (Phi) is 12.9. The van der Waals surface area contributed by atoms with Crippen molar-refractivity contribution < 1.29 is 25.2 Å². The van der Waals surface area contributed by atoms with Crippen LogP contribution in [0.4, 0.5) is 0 Å². The van der Waals surface area contributed by atoms with E-state index in [2.05, 4.69) is 0 Å². The molecule has 0 radical (unpaired) electrons. The van der Waals surface area contributed by atoms with Crippen LogP contribution in [0.5, 0.6) is 0 Å². The molecule has 0 spiro atoms. The molecule has 5 nitrogen and oxygen atoms in total. The predicted molar refractivity (Wildman–Crippen MR) is 28.9 cm³/mol. The van der Waals surface area contributed by atoms with Crippen LogP contribution in [0.15, 0.2) is 0 Å². The van der Waals surface area contributed by atoms with E-state index in [1.165, 1.54) is 0 Å². The minimum absolute atomic E-state index is 0.250. The fourth-order valence-electron chi connectivity index (χ4n) is 0.0577. The summed E-state index contributed by atoms with van der Waals surface area (Å²) < 4.78 is 0. The van der Waals surface area contributed by atoms with Crippen LogP contribution in [0, 0.1) is 0 Å². The van der Waals surface area contributed by atoms with Crippen LogP contribution in [0.2, 0.25) is 0 Å². The molecular formula is C4H10O5. The minimum Gasteiger partial charge on any atom is -0.483 e. The lowest BCUT2D eigenvalue weighted by molar-refractivity contribution is -0.122. The molecule has 0 unspecified atom stereocenters. The molecule has 0 aliphatic rings. The van der Waals surface area contributed by atoms with E-state index >= 15 is 0 Å². The summed E-state index contributed by atoms with van der Waals surface area (Å²) in [4.78, 5) is 8.36. The zero-order chi connectivity index (χ0) is 7.70. The molecule has 0 aliphatic carbocycles. The van der Waals surface area contributed by atoms with Crippen molar-refractivity contribution in [3.63, 3.8) is 0 Å². The highest BCUT2D eigenvalue weighted by Gasteiger charge is 1.93. The number of carboxylic acid groups (broad SMARTS) is 1. The summed E-state index contributed by atoms with van der Waals surface area (Å²) in [6.45, 7) is -0.979. The molecule has 4 N–H and O–H groups in total. The van der Waals surface area contributed by atoms with Gasteiger partial charge in [-0.05, 0) is 0 Å². The first-order chi connectivity index (χ1) is 4.22. The number of hydrogen-bond donors (Lipinski definition) is 4. The van der Waals surface area contributed by atoms with Gasteiger partial charge in [0.25, 0.3) is 6.47 Å². The van der Waals surface area contributed by atoms with E-state index in [1.807, 2.05) is 0 Å². The SMILES string of the molecule is O=CO.OCC(O)CO. The maximum absolute atomic E-state index is 8.36. The van der Waals surface area contributed by atoms with Crippen LogP contribution >= 0.6 is 0 Å². The molecule has 0 rings (SSSR count). The van der Waals surface area contributed by atoms with Gasteiger partial charge in [0.1, 0.15) is 6.10 Å². The molecular weight excluding hydrogens is 128 g/mol. The van der Waals surface area contributed by atoms with Gasteiger partial charge in [-0.2, -0.15) is 0 Å². The molecule has 0 aromatic rings. The molecule has 5 heteroatoms. The number of aliphatic hydroxyl groups excluding tert-OH is 3. The third-order valence-corrected chi connectivity index (χ3v) is 0.421. The van der Waals surface area contributed by atoms with E-state index in [-0.39, 0.29) is 19.7 Å². The average Bonchev–Trinajstić information content (AvgIpc) is 1.88. The number of aliphatic hydroxyl groups is 3. The topological polar surface area (TPSA) is 98.0 Å². The summed E-state index contributed by atoms with van der Waals surface area (Å²) in [5, 5.41) is 30.9. The quantitative estimate of drug-likeness (QED) is 0.332. The number of hydrogen-bond acceptors (Lipinski definition) is 4. The van der Waals surface area contributed by atoms with Crippen molar-refractivity contribution >= 4 is 6.47 Å². The summed E-state index contributed by atoms with van der Waals surface area (Å²) in [7, 11) is 0. The molecule has 0 bridgehead atoms. The van der Waals surface area contributed by atoms with Crippen molar-refractivity contribution in [1.29, 1.82) is 0 Å². The molecule has 56 valence electrons. The largest absolute Gasteiger partial charge is 0.483 e. The van der Waals surface area contributed by atoms with E-state index < -0.39 is 6.10 Å². The van der Waals surface area contributed by atoms with Gasteiger partial charge in [-0.25, -0.2) is 0 Å². The van der Waals surface area contributed by atoms with Gasteiger partial charge in [0.05, 0.1) is 13.2 Å². The van der Waals surface area contributed by atoms with Crippen LogP contribution in [0.3, 0.4) is 0 Å². The Balaban J connectivity index is 0. The van der Waals surface area contributed by atoms with Gasteiger partial charge >= 0.3 is 0 Å². The van der Waals surface area contributed by atoms with E-state index in [4.69, 9.17) is 25.2 Å². The Morgan fingerprint density at radius 1 is 1.33 bits per heavy atom. The monoisotopic (exact) mass is 138 g/mol. The average molecular weight is 138 g/mol. The van der Waals surface area contributed by atoms with Crippen molar-refractivity contribution in [1.82, 2.24) is 0 Å². The number of rotatable bonds is 2. The van der Waals surface area contributed by atoms with E-state index in [0.29, 0.717) is 0 Å². The Bertz CT molecular complexity index is 50.9. The summed E-state index contributed by atoms with van der Waals surface area (Å²) in [6.07, 6.45) is -0.954. The Morgan fingerprint density at radius 3 is 1.56 bits per heavy atom. The number of carbonyl (C=O) groups is 1. The second-order valence-corrected chi connectivity index (χ2v) is 1.12. The third-order valence-electron chi connectivity index (χ3n) is 0.421. The second kappa shape index (κ2) is 10.4. The van der Waals surface area contributed by atoms with E-state index in [1.54, 1.807) is 0 Å². The van der Waals surface area contributed by atoms with Gasteiger partial charge < -0.3 is 20.4 Å². The molecule has 0 fully saturated rings. The van der Waals surface area contributed by atoms with Crippen molar-refractivity contribution in [3.8, 4) is 0 Å². The highest BCUT2D eigenvalue weighted by molar-refractivity contribution is 5.32. The Morgan fingerprint density at radius 2 is 1.56 bits per heavy atom. The van der Waals surface area contributed by atoms with Crippen molar-refractivity contribution in [3.05, 3.63) is 0 Å². The standard InChI is InChI=1S/C3H8O3.CH2O2/c4-1-3(6)2-5;2-1-3/h3-6H,1-2H2;1H,(H,2,3). The fraction of sp³-hybridized carbons (Fsp3) is 0.750. The van der Waals surface area contributed by atoms with Gasteiger partial charge in [-0.15, -0.1) is 0 Å². The third kappa shape index (κ3) is 18.7. The molecule has 0 atom stereocenters. The van der Waals surface area contributed by atoms with Crippen LogP contribution in [0.1, 0.15) is 0 Å². The zero-order valence-electron chi connectivity index (χ0n) is 4.77. The van der Waals surface area contributed by atoms with Gasteiger partial charge in [0.2, 0.25) is 0 Å². The first-order valence-corrected chi connectivity index (χ1v) is 2.20.